The van der Waals surface area contributed by atoms with Crippen LogP contribution in [0.1, 0.15) is 25.3 Å². The number of benzene rings is 1. The van der Waals surface area contributed by atoms with Crippen molar-refractivity contribution in [2.24, 2.45) is 0 Å². The summed E-state index contributed by atoms with van der Waals surface area (Å²) in [6.45, 7) is 6.24. The molecule has 6 heteroatoms. The van der Waals surface area contributed by atoms with Gasteiger partial charge in [0.15, 0.2) is 0 Å². The molecule has 2 saturated heterocycles. The van der Waals surface area contributed by atoms with Crippen LogP contribution in [0.4, 0.5) is 4.79 Å². The van der Waals surface area contributed by atoms with E-state index in [1.165, 1.54) is 0 Å². The predicted molar refractivity (Wildman–Crippen MR) is 95.0 cm³/mol. The Bertz CT molecular complexity index is 587. The van der Waals surface area contributed by atoms with E-state index in [2.05, 4.69) is 6.92 Å². The van der Waals surface area contributed by atoms with E-state index in [9.17, 15) is 9.59 Å². The maximum atomic E-state index is 12.8. The third kappa shape index (κ3) is 4.31. The Kier molecular flexibility index (Phi) is 5.91. The van der Waals surface area contributed by atoms with Crippen molar-refractivity contribution in [1.29, 1.82) is 0 Å². The predicted octanol–water partition coefficient (Wildman–Crippen LogP) is 1.95. The Balaban J connectivity index is 1.70. The van der Waals surface area contributed by atoms with E-state index in [0.29, 0.717) is 52.4 Å². The number of carbonyl (C=O) groups is 2. The summed E-state index contributed by atoms with van der Waals surface area (Å²) in [5, 5.41) is 0. The van der Waals surface area contributed by atoms with Gasteiger partial charge in [0.1, 0.15) is 0 Å². The van der Waals surface area contributed by atoms with Crippen molar-refractivity contribution in [3.8, 4) is 0 Å². The van der Waals surface area contributed by atoms with Crippen LogP contribution in [0.25, 0.3) is 0 Å². The molecule has 0 spiro atoms. The van der Waals surface area contributed by atoms with Gasteiger partial charge in [0.2, 0.25) is 5.91 Å². The zero-order valence-electron chi connectivity index (χ0n) is 14.9. The number of nitrogens with zero attached hydrogens (tertiary/aromatic N) is 3. The quantitative estimate of drug-likeness (QED) is 0.841. The largest absolute Gasteiger partial charge is 0.378 e. The van der Waals surface area contributed by atoms with Crippen molar-refractivity contribution >= 4 is 11.9 Å². The van der Waals surface area contributed by atoms with Crippen LogP contribution < -0.4 is 0 Å². The summed E-state index contributed by atoms with van der Waals surface area (Å²) in [4.78, 5) is 31.1. The molecule has 2 aliphatic heterocycles. The van der Waals surface area contributed by atoms with Crippen LogP contribution in [-0.4, -0.2) is 72.1 Å². The highest BCUT2D eigenvalue weighted by Crippen LogP contribution is 2.19. The minimum absolute atomic E-state index is 0.0381. The average Bonchev–Trinajstić information content (AvgIpc) is 2.82. The molecule has 136 valence electrons. The molecule has 3 rings (SSSR count). The summed E-state index contributed by atoms with van der Waals surface area (Å²) in [5.74, 6) is 0.132. The van der Waals surface area contributed by atoms with Gasteiger partial charge in [0.05, 0.1) is 13.2 Å². The monoisotopic (exact) mass is 345 g/mol. The molecular formula is C19H27N3O3. The number of urea groups is 1. The first-order chi connectivity index (χ1) is 12.2. The molecule has 0 saturated carbocycles. The van der Waals surface area contributed by atoms with Crippen LogP contribution >= 0.6 is 0 Å². The molecule has 6 nitrogen and oxygen atoms in total. The van der Waals surface area contributed by atoms with Gasteiger partial charge in [-0.15, -0.1) is 0 Å². The van der Waals surface area contributed by atoms with Gasteiger partial charge >= 0.3 is 6.03 Å². The first kappa shape index (κ1) is 17.7. The molecule has 0 aliphatic carbocycles. The van der Waals surface area contributed by atoms with Crippen LogP contribution in [0.2, 0.25) is 0 Å². The molecule has 25 heavy (non-hydrogen) atoms. The fourth-order valence-corrected chi connectivity index (χ4v) is 3.50. The molecule has 1 atom stereocenters. The Hall–Kier alpha value is -2.08. The first-order valence-corrected chi connectivity index (χ1v) is 9.14. The van der Waals surface area contributed by atoms with E-state index in [1.807, 2.05) is 45.0 Å². The van der Waals surface area contributed by atoms with Crippen LogP contribution in [0.5, 0.6) is 0 Å². The van der Waals surface area contributed by atoms with E-state index in [4.69, 9.17) is 4.74 Å². The summed E-state index contributed by atoms with van der Waals surface area (Å²) < 4.78 is 5.33. The van der Waals surface area contributed by atoms with Crippen LogP contribution in [0.3, 0.4) is 0 Å². The minimum atomic E-state index is 0.0381. The highest BCUT2D eigenvalue weighted by Gasteiger charge is 2.32. The zero-order valence-corrected chi connectivity index (χ0v) is 14.9. The molecule has 0 bridgehead atoms. The van der Waals surface area contributed by atoms with Gasteiger partial charge in [-0.25, -0.2) is 4.79 Å². The molecule has 0 unspecified atom stereocenters. The Morgan fingerprint density at radius 2 is 1.84 bits per heavy atom. The molecular weight excluding hydrogens is 318 g/mol. The first-order valence-electron chi connectivity index (χ1n) is 9.14. The molecule has 0 N–H and O–H groups in total. The molecule has 2 heterocycles. The number of rotatable bonds is 3. The Morgan fingerprint density at radius 3 is 2.52 bits per heavy atom. The Labute approximate surface area is 149 Å². The lowest BCUT2D eigenvalue weighted by molar-refractivity contribution is -0.133. The molecule has 0 radical (unpaired) electrons. The van der Waals surface area contributed by atoms with E-state index >= 15 is 0 Å². The molecule has 0 aromatic heterocycles. The number of morpholine rings is 1. The lowest BCUT2D eigenvalue weighted by atomic mass is 10.1. The van der Waals surface area contributed by atoms with Crippen molar-refractivity contribution in [2.45, 2.75) is 32.4 Å². The maximum Gasteiger partial charge on any atom is 0.320 e. The van der Waals surface area contributed by atoms with Crippen molar-refractivity contribution in [2.75, 3.05) is 39.4 Å². The van der Waals surface area contributed by atoms with Gasteiger partial charge in [0.25, 0.3) is 0 Å². The summed E-state index contributed by atoms with van der Waals surface area (Å²) in [7, 11) is 0. The molecule has 1 aromatic rings. The summed E-state index contributed by atoms with van der Waals surface area (Å²) in [5.41, 5.74) is 1.13. The third-order valence-electron chi connectivity index (χ3n) is 5.01. The molecule has 2 fully saturated rings. The van der Waals surface area contributed by atoms with E-state index < -0.39 is 0 Å². The Morgan fingerprint density at radius 1 is 1.12 bits per heavy atom. The SMILES string of the molecule is CC[C@H]1CN(C(=O)N2CCOCC2)CCC(=O)N1Cc1ccccc1. The zero-order chi connectivity index (χ0) is 17.6. The van der Waals surface area contributed by atoms with Gasteiger partial charge in [0, 0.05) is 45.2 Å². The lowest BCUT2D eigenvalue weighted by Gasteiger charge is -2.35. The summed E-state index contributed by atoms with van der Waals surface area (Å²) in [6, 6.07) is 10.1. The molecule has 2 aliphatic rings. The summed E-state index contributed by atoms with van der Waals surface area (Å²) >= 11 is 0. The highest BCUT2D eigenvalue weighted by molar-refractivity contribution is 5.80. The third-order valence-corrected chi connectivity index (χ3v) is 5.01. The fraction of sp³-hybridized carbons (Fsp3) is 0.579. The fourth-order valence-electron chi connectivity index (χ4n) is 3.50. The van der Waals surface area contributed by atoms with Crippen LogP contribution in [0, 0.1) is 0 Å². The van der Waals surface area contributed by atoms with Gasteiger partial charge in [-0.3, -0.25) is 4.79 Å². The number of hydrogen-bond acceptors (Lipinski definition) is 3. The van der Waals surface area contributed by atoms with Gasteiger partial charge in [-0.1, -0.05) is 37.3 Å². The molecule has 3 amide bonds. The topological polar surface area (TPSA) is 53.1 Å². The number of ether oxygens (including phenoxy) is 1. The van der Waals surface area contributed by atoms with Gasteiger partial charge in [-0.05, 0) is 12.0 Å². The maximum absolute atomic E-state index is 12.8. The second-order valence-corrected chi connectivity index (χ2v) is 6.65. The minimum Gasteiger partial charge on any atom is -0.378 e. The van der Waals surface area contributed by atoms with Crippen LogP contribution in [0.15, 0.2) is 30.3 Å². The second kappa shape index (κ2) is 8.34. The smallest absolute Gasteiger partial charge is 0.320 e. The van der Waals surface area contributed by atoms with E-state index in [0.717, 1.165) is 12.0 Å². The standard InChI is InChI=1S/C19H27N3O3/c1-2-17-15-21(19(24)20-10-12-25-13-11-20)9-8-18(23)22(17)14-16-6-4-3-5-7-16/h3-7,17H,2,8-15H2,1H3/t17-/m0/s1. The summed E-state index contributed by atoms with van der Waals surface area (Å²) in [6.07, 6.45) is 1.23. The molecule has 1 aromatic carbocycles. The number of hydrogen-bond donors (Lipinski definition) is 0. The lowest BCUT2D eigenvalue weighted by Crippen LogP contribution is -2.50. The normalized spacial score (nSPS) is 22.0. The van der Waals surface area contributed by atoms with Crippen molar-refractivity contribution < 1.29 is 14.3 Å². The second-order valence-electron chi connectivity index (χ2n) is 6.65. The van der Waals surface area contributed by atoms with Crippen molar-refractivity contribution in [3.05, 3.63) is 35.9 Å². The highest BCUT2D eigenvalue weighted by atomic mass is 16.5. The van der Waals surface area contributed by atoms with Gasteiger partial charge in [-0.2, -0.15) is 0 Å². The van der Waals surface area contributed by atoms with Crippen molar-refractivity contribution in [1.82, 2.24) is 14.7 Å². The van der Waals surface area contributed by atoms with E-state index in [-0.39, 0.29) is 18.0 Å². The van der Waals surface area contributed by atoms with Crippen LogP contribution in [-0.2, 0) is 16.1 Å². The number of carbonyl (C=O) groups excluding carboxylic acids is 2. The number of amides is 3. The van der Waals surface area contributed by atoms with E-state index in [1.54, 1.807) is 0 Å². The van der Waals surface area contributed by atoms with Gasteiger partial charge < -0.3 is 19.4 Å². The average molecular weight is 345 g/mol. The van der Waals surface area contributed by atoms with Crippen molar-refractivity contribution in [3.63, 3.8) is 0 Å².